The fourth-order valence-corrected chi connectivity index (χ4v) is 3.13. The van der Waals surface area contributed by atoms with Gasteiger partial charge in [0.05, 0.1) is 27.1 Å². The van der Waals surface area contributed by atoms with Gasteiger partial charge in [-0.05, 0) is 18.1 Å². The predicted molar refractivity (Wildman–Crippen MR) is 112 cm³/mol. The monoisotopic (exact) mass is 436 g/mol. The van der Waals surface area contributed by atoms with Crippen LogP contribution in [0.3, 0.4) is 0 Å². The Balaban J connectivity index is 1.96. The zero-order valence-corrected chi connectivity index (χ0v) is 17.1. The first-order valence-electron chi connectivity index (χ1n) is 8.55. The van der Waals surface area contributed by atoms with Crippen molar-refractivity contribution in [1.82, 2.24) is 15.5 Å². The standard InChI is InChI=1S/C18H18Cl2N6O3/c1-8(2)11-6-15(23-24-17(11)27)29-16-12(19)4-10(5-13(16)20)26-18(28)22-9(3)14(7-21)25-26/h4-6,8H,3,7,21H2,1-2H3,(H,22,28)(H,24,27). The van der Waals surface area contributed by atoms with Crippen molar-refractivity contribution in [2.24, 2.45) is 10.8 Å². The molecule has 1 aliphatic rings. The molecule has 29 heavy (non-hydrogen) atoms. The summed E-state index contributed by atoms with van der Waals surface area (Å²) in [6, 6.07) is 3.91. The largest absolute Gasteiger partial charge is 0.434 e. The average Bonchev–Trinajstić information content (AvgIpc) is 2.65. The van der Waals surface area contributed by atoms with E-state index in [1.165, 1.54) is 18.2 Å². The molecular weight excluding hydrogens is 419 g/mol. The number of hydrazone groups is 1. The Labute approximate surface area is 176 Å². The van der Waals surface area contributed by atoms with Gasteiger partial charge in [-0.1, -0.05) is 43.6 Å². The lowest BCUT2D eigenvalue weighted by Crippen LogP contribution is -2.45. The van der Waals surface area contributed by atoms with E-state index in [-0.39, 0.29) is 39.7 Å². The van der Waals surface area contributed by atoms with E-state index in [0.29, 0.717) is 22.7 Å². The molecule has 0 spiro atoms. The van der Waals surface area contributed by atoms with Gasteiger partial charge in [0.15, 0.2) is 5.75 Å². The van der Waals surface area contributed by atoms with Crippen LogP contribution < -0.4 is 26.4 Å². The normalized spacial score (nSPS) is 14.1. The number of rotatable bonds is 5. The summed E-state index contributed by atoms with van der Waals surface area (Å²) in [6.07, 6.45) is 0. The number of nitrogens with zero attached hydrogens (tertiary/aromatic N) is 3. The van der Waals surface area contributed by atoms with E-state index in [1.54, 1.807) is 0 Å². The Morgan fingerprint density at radius 2 is 1.90 bits per heavy atom. The van der Waals surface area contributed by atoms with Gasteiger partial charge in [-0.15, -0.1) is 5.10 Å². The molecule has 0 aliphatic carbocycles. The Bertz CT molecular complexity index is 1060. The minimum absolute atomic E-state index is 0.0283. The smallest absolute Gasteiger partial charge is 0.347 e. The van der Waals surface area contributed by atoms with Gasteiger partial charge in [0, 0.05) is 18.2 Å². The maximum atomic E-state index is 12.2. The molecule has 3 rings (SSSR count). The predicted octanol–water partition coefficient (Wildman–Crippen LogP) is 3.35. The molecule has 2 aromatic rings. The van der Waals surface area contributed by atoms with Crippen molar-refractivity contribution in [2.75, 3.05) is 11.6 Å². The number of benzene rings is 1. The maximum Gasteiger partial charge on any atom is 0.347 e. The molecule has 0 atom stereocenters. The first-order valence-corrected chi connectivity index (χ1v) is 9.31. The van der Waals surface area contributed by atoms with Crippen molar-refractivity contribution >= 4 is 40.6 Å². The number of nitrogens with two attached hydrogens (primary N) is 1. The van der Waals surface area contributed by atoms with Crippen LogP contribution in [0.5, 0.6) is 11.6 Å². The first-order chi connectivity index (χ1) is 13.7. The minimum Gasteiger partial charge on any atom is -0.434 e. The third-order valence-corrected chi connectivity index (χ3v) is 4.64. The number of amides is 2. The molecule has 4 N–H and O–H groups in total. The lowest BCUT2D eigenvalue weighted by Gasteiger charge is -2.25. The van der Waals surface area contributed by atoms with Crippen molar-refractivity contribution < 1.29 is 9.53 Å². The number of carbonyl (C=O) groups is 1. The van der Waals surface area contributed by atoms with Crippen LogP contribution in [0.1, 0.15) is 25.3 Å². The number of urea groups is 1. The Kier molecular flexibility index (Phi) is 5.92. The van der Waals surface area contributed by atoms with Crippen LogP contribution in [0.4, 0.5) is 10.5 Å². The van der Waals surface area contributed by atoms with E-state index in [2.05, 4.69) is 27.2 Å². The van der Waals surface area contributed by atoms with Crippen molar-refractivity contribution in [3.63, 3.8) is 0 Å². The Morgan fingerprint density at radius 1 is 1.24 bits per heavy atom. The summed E-state index contributed by atoms with van der Waals surface area (Å²) in [6.45, 7) is 7.53. The van der Waals surface area contributed by atoms with E-state index in [9.17, 15) is 9.59 Å². The fraction of sp³-hybridized carbons (Fsp3) is 0.222. The van der Waals surface area contributed by atoms with E-state index >= 15 is 0 Å². The molecule has 11 heteroatoms. The highest BCUT2D eigenvalue weighted by molar-refractivity contribution is 6.37. The van der Waals surface area contributed by atoms with Gasteiger partial charge in [-0.25, -0.2) is 9.89 Å². The van der Waals surface area contributed by atoms with Gasteiger partial charge in [-0.2, -0.15) is 10.1 Å². The molecule has 0 saturated carbocycles. The number of nitrogens with one attached hydrogen (secondary N) is 2. The van der Waals surface area contributed by atoms with Crippen molar-refractivity contribution in [3.05, 3.63) is 56.4 Å². The summed E-state index contributed by atoms with van der Waals surface area (Å²) in [5.41, 5.74) is 6.88. The molecule has 2 heterocycles. The second kappa shape index (κ2) is 8.24. The third kappa shape index (κ3) is 4.26. The number of carbonyl (C=O) groups excluding carboxylic acids is 1. The van der Waals surface area contributed by atoms with Gasteiger partial charge in [-0.3, -0.25) is 4.79 Å². The molecule has 0 saturated heterocycles. The summed E-state index contributed by atoms with van der Waals surface area (Å²) in [5, 5.41) is 14.3. The van der Waals surface area contributed by atoms with Crippen LogP contribution in [0, 0.1) is 0 Å². The van der Waals surface area contributed by atoms with Crippen molar-refractivity contribution in [3.8, 4) is 11.6 Å². The quantitative estimate of drug-likeness (QED) is 0.662. The lowest BCUT2D eigenvalue weighted by molar-refractivity contribution is 0.248. The molecule has 152 valence electrons. The van der Waals surface area contributed by atoms with Crippen molar-refractivity contribution in [2.45, 2.75) is 19.8 Å². The highest BCUT2D eigenvalue weighted by Crippen LogP contribution is 2.39. The highest BCUT2D eigenvalue weighted by Gasteiger charge is 2.25. The molecule has 1 aliphatic heterocycles. The van der Waals surface area contributed by atoms with Crippen LogP contribution in [0.2, 0.25) is 10.0 Å². The second-order valence-corrected chi connectivity index (χ2v) is 7.27. The molecule has 1 aromatic carbocycles. The van der Waals surface area contributed by atoms with Crippen LogP contribution in [0.15, 0.2) is 40.4 Å². The summed E-state index contributed by atoms with van der Waals surface area (Å²) in [5.74, 6) is 0.218. The minimum atomic E-state index is -0.531. The van der Waals surface area contributed by atoms with Crippen LogP contribution in [0.25, 0.3) is 0 Å². The SMILES string of the molecule is C=C1NC(=O)N(c2cc(Cl)c(Oc3cc(C(C)C)c(=O)[nH]n3)c(Cl)c2)N=C1CN. The molecular formula is C18H18Cl2N6O3. The van der Waals surface area contributed by atoms with Gasteiger partial charge in [0.2, 0.25) is 5.88 Å². The Hall–Kier alpha value is -2.88. The van der Waals surface area contributed by atoms with E-state index in [4.69, 9.17) is 33.7 Å². The summed E-state index contributed by atoms with van der Waals surface area (Å²) in [7, 11) is 0. The number of hydrogen-bond acceptors (Lipinski definition) is 6. The number of H-pyrrole nitrogens is 1. The van der Waals surface area contributed by atoms with Gasteiger partial charge < -0.3 is 15.8 Å². The molecule has 0 fully saturated rings. The lowest BCUT2D eigenvalue weighted by atomic mass is 10.1. The van der Waals surface area contributed by atoms with Crippen LogP contribution in [-0.4, -0.2) is 28.5 Å². The first kappa shape index (κ1) is 20.8. The number of aromatic amines is 1. The van der Waals surface area contributed by atoms with Gasteiger partial charge in [0.25, 0.3) is 5.56 Å². The third-order valence-electron chi connectivity index (χ3n) is 4.08. The van der Waals surface area contributed by atoms with E-state index in [0.717, 1.165) is 5.01 Å². The Morgan fingerprint density at radius 3 is 2.48 bits per heavy atom. The zero-order valence-electron chi connectivity index (χ0n) is 15.6. The zero-order chi connectivity index (χ0) is 21.3. The maximum absolute atomic E-state index is 12.2. The number of halogens is 2. The van der Waals surface area contributed by atoms with Crippen LogP contribution >= 0.6 is 23.2 Å². The van der Waals surface area contributed by atoms with Gasteiger partial charge in [0.1, 0.15) is 0 Å². The number of aromatic nitrogens is 2. The molecule has 9 nitrogen and oxygen atoms in total. The van der Waals surface area contributed by atoms with E-state index < -0.39 is 6.03 Å². The molecule has 1 aromatic heterocycles. The number of hydrogen-bond donors (Lipinski definition) is 3. The summed E-state index contributed by atoms with van der Waals surface area (Å²) >= 11 is 12.7. The van der Waals surface area contributed by atoms with Crippen molar-refractivity contribution in [1.29, 1.82) is 0 Å². The number of anilines is 1. The highest BCUT2D eigenvalue weighted by atomic mass is 35.5. The summed E-state index contributed by atoms with van der Waals surface area (Å²) in [4.78, 5) is 24.1. The molecule has 0 radical (unpaired) electrons. The summed E-state index contributed by atoms with van der Waals surface area (Å²) < 4.78 is 5.68. The molecule has 2 amide bonds. The fourth-order valence-electron chi connectivity index (χ4n) is 2.57. The number of ether oxygens (including phenoxy) is 1. The van der Waals surface area contributed by atoms with Gasteiger partial charge >= 0.3 is 6.03 Å². The van der Waals surface area contributed by atoms with E-state index in [1.807, 2.05) is 13.8 Å². The van der Waals surface area contributed by atoms with Crippen LogP contribution in [-0.2, 0) is 0 Å². The topological polar surface area (TPSA) is 126 Å². The molecule has 0 bridgehead atoms. The average molecular weight is 437 g/mol. The molecule has 0 unspecified atom stereocenters. The second-order valence-electron chi connectivity index (χ2n) is 6.46.